The van der Waals surface area contributed by atoms with Crippen molar-refractivity contribution in [2.24, 2.45) is 47.8 Å². The molecule has 11 rings (SSSR count). The van der Waals surface area contributed by atoms with Crippen molar-refractivity contribution >= 4 is 87.8 Å². The van der Waals surface area contributed by atoms with E-state index >= 15 is 0 Å². The van der Waals surface area contributed by atoms with Crippen LogP contribution in [-0.2, 0) is 65.7 Å². The van der Waals surface area contributed by atoms with E-state index in [0.717, 1.165) is 25.7 Å². The SMILES string of the molecule is CC(C)CCc1nn(CCC(C)C)c(=O)c(C2=NS(=O)(=O)c3cc(OCC(N)=O)ccc3N2)c1O.CC(C)c1nn(CCC(C)(C)C)c(=O)c(C2=NS(=O)(=O)c3ccccc3N2)c1O.NC(=O)COc1ccc2c(c1)S(=O)(=O)N=C(c1c(O)c(-c3cccs3)nn(CC3CCC3)c1=O)N2. The molecule has 1 aliphatic carbocycles. The van der Waals surface area contributed by atoms with E-state index in [1.807, 2.05) is 46.9 Å². The van der Waals surface area contributed by atoms with E-state index in [0.29, 0.717) is 78.6 Å². The highest BCUT2D eigenvalue weighted by molar-refractivity contribution is 7.91. The Balaban J connectivity index is 0.000000174. The van der Waals surface area contributed by atoms with Gasteiger partial charge >= 0.3 is 0 Å². The van der Waals surface area contributed by atoms with Crippen LogP contribution < -0.4 is 53.6 Å². The first-order valence-corrected chi connectivity index (χ1v) is 36.8. The van der Waals surface area contributed by atoms with Crippen LogP contribution in [-0.4, -0.2) is 112 Å². The largest absolute Gasteiger partial charge is 0.505 e. The maximum Gasteiger partial charge on any atom is 0.286 e. The van der Waals surface area contributed by atoms with Gasteiger partial charge in [-0.15, -0.1) is 24.5 Å². The predicted molar refractivity (Wildman–Crippen MR) is 373 cm³/mol. The Kier molecular flexibility index (Phi) is 22.1. The Morgan fingerprint density at radius 3 is 1.57 bits per heavy atom. The zero-order valence-corrected chi connectivity index (χ0v) is 59.0. The van der Waals surface area contributed by atoms with Gasteiger partial charge in [0.1, 0.15) is 60.0 Å². The van der Waals surface area contributed by atoms with Gasteiger partial charge in [0.05, 0.1) is 21.9 Å². The normalized spacial score (nSPS) is 15.5. The van der Waals surface area contributed by atoms with E-state index in [-0.39, 0.29) is 100 Å². The number of thiophene rings is 1. The first-order chi connectivity index (χ1) is 46.5. The van der Waals surface area contributed by atoms with Gasteiger partial charge in [0.2, 0.25) is 0 Å². The lowest BCUT2D eigenvalue weighted by Crippen LogP contribution is -2.36. The van der Waals surface area contributed by atoms with Gasteiger partial charge in [-0.05, 0) is 110 Å². The average Bonchev–Trinajstić information content (AvgIpc) is 0.966. The quantitative estimate of drug-likeness (QED) is 0.0359. The number of nitrogens with zero attached hydrogens (tertiary/aromatic N) is 9. The van der Waals surface area contributed by atoms with Gasteiger partial charge in [-0.2, -0.15) is 40.5 Å². The van der Waals surface area contributed by atoms with Crippen molar-refractivity contribution in [2.45, 2.75) is 147 Å². The highest BCUT2D eigenvalue weighted by atomic mass is 32.2. The summed E-state index contributed by atoms with van der Waals surface area (Å²) in [5.74, 6) is -2.40. The molecule has 2 amide bonds. The van der Waals surface area contributed by atoms with Crippen LogP contribution in [0.3, 0.4) is 0 Å². The van der Waals surface area contributed by atoms with E-state index in [1.54, 1.807) is 30.3 Å². The van der Waals surface area contributed by atoms with Crippen LogP contribution in [0.5, 0.6) is 28.7 Å². The van der Waals surface area contributed by atoms with E-state index in [1.165, 1.54) is 67.8 Å². The molecule has 3 aromatic carbocycles. The number of aromatic hydroxyl groups is 3. The third kappa shape index (κ3) is 17.2. The third-order valence-corrected chi connectivity index (χ3v) is 20.7. The molecule has 7 aromatic rings. The van der Waals surface area contributed by atoms with E-state index in [9.17, 15) is 64.5 Å². The summed E-state index contributed by atoms with van der Waals surface area (Å²) in [6, 6.07) is 18.0. The van der Waals surface area contributed by atoms with Crippen LogP contribution in [0.4, 0.5) is 17.1 Å². The van der Waals surface area contributed by atoms with E-state index in [2.05, 4.69) is 65.2 Å². The van der Waals surface area contributed by atoms with Crippen molar-refractivity contribution in [1.29, 1.82) is 0 Å². The second-order valence-corrected chi connectivity index (χ2v) is 31.9. The monoisotopic (exact) mass is 1440 g/mol. The second kappa shape index (κ2) is 29.7. The summed E-state index contributed by atoms with van der Waals surface area (Å²) in [5, 5.41) is 56.3. The average molecular weight is 1440 g/mol. The Morgan fingerprint density at radius 2 is 1.09 bits per heavy atom. The van der Waals surface area contributed by atoms with Crippen molar-refractivity contribution in [3.63, 3.8) is 0 Å². The number of hydrogen-bond acceptors (Lipinski definition) is 23. The zero-order valence-electron chi connectivity index (χ0n) is 55.8. The van der Waals surface area contributed by atoms with Crippen LogP contribution >= 0.6 is 11.3 Å². The molecular weight excluding hydrogens is 1360 g/mol. The molecule has 0 radical (unpaired) electrons. The minimum absolute atomic E-state index is 0.0226. The number of nitrogens with two attached hydrogens (primary N) is 2. The topological polar surface area (TPSA) is 446 Å². The van der Waals surface area contributed by atoms with Gasteiger partial charge in [-0.25, -0.2) is 14.0 Å². The number of fused-ring (bicyclic) bond motifs is 3. The molecule has 0 spiro atoms. The number of aromatic nitrogens is 6. The number of primary amides is 2. The van der Waals surface area contributed by atoms with Crippen molar-refractivity contribution in [3.8, 4) is 39.3 Å². The molecule has 99 heavy (non-hydrogen) atoms. The Hall–Kier alpha value is -9.80. The first-order valence-electron chi connectivity index (χ1n) is 31.6. The molecule has 528 valence electrons. The number of carbonyl (C=O) groups is 2. The fraction of sp³-hybridized carbons (Fsp3) is 0.400. The Morgan fingerprint density at radius 1 is 0.606 bits per heavy atom. The number of ether oxygens (including phenoxy) is 2. The second-order valence-electron chi connectivity index (χ2n) is 26.2. The standard InChI is InChI=1S/C23H31N5O6S.C22H21N5O6S2.C20H26N4O4S/c1-13(2)5-7-17-21(30)20(23(31)28(26-17)10-9-14(3)4)22-25-16-8-6-15(34-12-19(24)29)11-18(16)35(32,33)27-22;23-17(28)11-33-13-6-7-14-16(9-13)35(31,32)26-21(24-14)18-20(29)19(15-5-2-8-34-15)25-27(22(18)30)10-12-3-1-4-12;1-12(2)16-17(25)15(19(26)24(22-16)11-10-20(3,4)5)18-21-13-8-6-7-9-14(13)29(27,28)23-18/h6,8,11,13-14,30H,5,7,9-10,12H2,1-4H3,(H2,24,29)(H,25,27);2,5-9,12,29H,1,3-4,10-11H2,(H2,23,28)(H,24,26);6-9,12,25H,10-11H2,1-5H3,(H,21,23). The zero-order chi connectivity index (χ0) is 72.2. The lowest BCUT2D eigenvalue weighted by Gasteiger charge is -2.26. The molecule has 0 saturated heterocycles. The van der Waals surface area contributed by atoms with Gasteiger partial charge in [0, 0.05) is 37.7 Å². The fourth-order valence-electron chi connectivity index (χ4n) is 10.3. The number of benzene rings is 3. The highest BCUT2D eigenvalue weighted by Gasteiger charge is 2.35. The molecule has 10 N–H and O–H groups in total. The van der Waals surface area contributed by atoms with E-state index < -0.39 is 77.5 Å². The summed E-state index contributed by atoms with van der Waals surface area (Å²) >= 11 is 1.33. The number of para-hydroxylation sites is 1. The number of amides is 2. The van der Waals surface area contributed by atoms with Crippen molar-refractivity contribution in [2.75, 3.05) is 29.2 Å². The predicted octanol–water partition coefficient (Wildman–Crippen LogP) is 6.98. The summed E-state index contributed by atoms with van der Waals surface area (Å²) in [5.41, 5.74) is 8.93. The molecule has 7 heterocycles. The van der Waals surface area contributed by atoms with Crippen LogP contribution in [0.1, 0.15) is 135 Å². The minimum atomic E-state index is -4.28. The maximum atomic E-state index is 13.4. The minimum Gasteiger partial charge on any atom is -0.505 e. The summed E-state index contributed by atoms with van der Waals surface area (Å²) in [6.07, 6.45) is 5.52. The lowest BCUT2D eigenvalue weighted by molar-refractivity contribution is -0.120. The number of amidine groups is 3. The summed E-state index contributed by atoms with van der Waals surface area (Å²) in [6.45, 7) is 18.1. The third-order valence-electron chi connectivity index (χ3n) is 15.9. The smallest absolute Gasteiger partial charge is 0.286 e. The van der Waals surface area contributed by atoms with Crippen molar-refractivity contribution in [3.05, 3.63) is 137 Å². The first kappa shape index (κ1) is 73.4. The lowest BCUT2D eigenvalue weighted by atomic mass is 9.85. The molecule has 34 heteroatoms. The molecule has 0 atom stereocenters. The van der Waals surface area contributed by atoms with Gasteiger partial charge < -0.3 is 52.2 Å². The van der Waals surface area contributed by atoms with Crippen LogP contribution in [0.25, 0.3) is 10.6 Å². The summed E-state index contributed by atoms with van der Waals surface area (Å²) in [7, 11) is -12.5. The Labute approximate surface area is 574 Å². The molecular formula is C65H78N14O16S4. The number of sulfonamides is 3. The molecule has 1 fully saturated rings. The van der Waals surface area contributed by atoms with Crippen LogP contribution in [0.2, 0.25) is 0 Å². The molecule has 3 aliphatic heterocycles. The van der Waals surface area contributed by atoms with Crippen molar-refractivity contribution < 1.29 is 59.6 Å². The molecule has 1 saturated carbocycles. The van der Waals surface area contributed by atoms with Gasteiger partial charge in [-0.1, -0.05) is 86.9 Å². The number of carbonyl (C=O) groups excluding carboxylic acids is 2. The van der Waals surface area contributed by atoms with Gasteiger partial charge in [0.25, 0.3) is 58.6 Å². The molecule has 30 nitrogen and oxygen atoms in total. The Bertz CT molecular complexity index is 4940. The molecule has 4 aliphatic rings. The van der Waals surface area contributed by atoms with Gasteiger partial charge in [0.15, 0.2) is 48.0 Å². The summed E-state index contributed by atoms with van der Waals surface area (Å²) in [4.78, 5) is 62.0. The van der Waals surface area contributed by atoms with Gasteiger partial charge in [-0.3, -0.25) is 24.0 Å². The number of nitrogens with one attached hydrogen (secondary N) is 3. The van der Waals surface area contributed by atoms with Crippen LogP contribution in [0.15, 0.2) is 120 Å². The van der Waals surface area contributed by atoms with Crippen LogP contribution in [0, 0.1) is 23.2 Å². The molecule has 4 aromatic heterocycles. The number of hydrogen-bond donors (Lipinski definition) is 8. The number of rotatable bonds is 21. The van der Waals surface area contributed by atoms with E-state index in [4.69, 9.17) is 20.9 Å². The summed E-state index contributed by atoms with van der Waals surface area (Å²) < 4.78 is 103. The van der Waals surface area contributed by atoms with Crippen molar-refractivity contribution in [1.82, 2.24) is 29.3 Å². The number of aryl methyl sites for hydroxylation is 3. The highest BCUT2D eigenvalue weighted by Crippen LogP contribution is 2.39. The fourth-order valence-corrected chi connectivity index (χ4v) is 14.4. The molecule has 0 bridgehead atoms. The molecule has 0 unspecified atom stereocenters. The maximum absolute atomic E-state index is 13.4. The number of anilines is 3.